The van der Waals surface area contributed by atoms with E-state index in [1.54, 1.807) is 0 Å². The van der Waals surface area contributed by atoms with E-state index >= 15 is 0 Å². The minimum absolute atomic E-state index is 0.571. The average Bonchev–Trinajstić information content (AvgIpc) is 2.29. The van der Waals surface area contributed by atoms with Crippen LogP contribution in [0.3, 0.4) is 0 Å². The molecule has 0 bridgehead atoms. The molecule has 0 radical (unpaired) electrons. The summed E-state index contributed by atoms with van der Waals surface area (Å²) in [4.78, 5) is 0. The first kappa shape index (κ1) is 15.3. The Labute approximate surface area is 114 Å². The lowest BCUT2D eigenvalue weighted by Gasteiger charge is -2.37. The van der Waals surface area contributed by atoms with Crippen LogP contribution in [-0.2, 0) is 0 Å². The fourth-order valence-electron chi connectivity index (χ4n) is 3.02. The highest BCUT2D eigenvalue weighted by atomic mass is 14.4. The summed E-state index contributed by atoms with van der Waals surface area (Å²) in [5.41, 5.74) is 3.30. The Balaban J connectivity index is 2.44. The lowest BCUT2D eigenvalue weighted by Crippen LogP contribution is -2.24. The third-order valence-corrected chi connectivity index (χ3v) is 4.34. The second-order valence-electron chi connectivity index (χ2n) is 6.49. The van der Waals surface area contributed by atoms with Gasteiger partial charge in [-0.3, -0.25) is 0 Å². The van der Waals surface area contributed by atoms with Crippen LogP contribution < -0.4 is 0 Å². The predicted molar refractivity (Wildman–Crippen MR) is 82.7 cm³/mol. The third-order valence-electron chi connectivity index (χ3n) is 4.34. The molecule has 0 heteroatoms. The van der Waals surface area contributed by atoms with E-state index < -0.39 is 0 Å². The van der Waals surface area contributed by atoms with E-state index in [9.17, 15) is 0 Å². The van der Waals surface area contributed by atoms with Gasteiger partial charge in [-0.25, -0.2) is 0 Å². The van der Waals surface area contributed by atoms with Gasteiger partial charge in [0, 0.05) is 0 Å². The quantitative estimate of drug-likeness (QED) is 0.408. The van der Waals surface area contributed by atoms with Crippen molar-refractivity contribution in [3.05, 3.63) is 36.0 Å². The van der Waals surface area contributed by atoms with Gasteiger partial charge in [0.05, 0.1) is 0 Å². The molecule has 0 spiro atoms. The first-order valence-electron chi connectivity index (χ1n) is 7.42. The molecule has 1 aliphatic carbocycles. The zero-order valence-electron chi connectivity index (χ0n) is 12.8. The molecule has 0 aliphatic heterocycles. The van der Waals surface area contributed by atoms with Crippen LogP contribution in [0.4, 0.5) is 0 Å². The summed E-state index contributed by atoms with van der Waals surface area (Å²) < 4.78 is 0. The molecule has 0 aromatic rings. The van der Waals surface area contributed by atoms with Crippen molar-refractivity contribution in [1.29, 1.82) is 0 Å². The molecular weight excluding hydrogens is 216 g/mol. The van der Waals surface area contributed by atoms with E-state index in [2.05, 4.69) is 52.5 Å². The first-order valence-corrected chi connectivity index (χ1v) is 7.42. The van der Waals surface area contributed by atoms with Crippen molar-refractivity contribution in [3.63, 3.8) is 0 Å². The van der Waals surface area contributed by atoms with Crippen LogP contribution in [0.5, 0.6) is 0 Å². The second-order valence-corrected chi connectivity index (χ2v) is 6.49. The van der Waals surface area contributed by atoms with Crippen molar-refractivity contribution in [2.24, 2.45) is 11.3 Å². The molecule has 0 heterocycles. The zero-order chi connectivity index (χ0) is 13.6. The van der Waals surface area contributed by atoms with Gasteiger partial charge in [-0.05, 0) is 70.6 Å². The van der Waals surface area contributed by atoms with Gasteiger partial charge in [-0.15, -0.1) is 0 Å². The highest BCUT2D eigenvalue weighted by molar-refractivity contribution is 5.21. The molecule has 0 nitrogen and oxygen atoms in total. The van der Waals surface area contributed by atoms with Crippen LogP contribution in [0.25, 0.3) is 0 Å². The molecule has 0 aromatic heterocycles. The number of hydrogen-bond acceptors (Lipinski definition) is 0. The van der Waals surface area contributed by atoms with Gasteiger partial charge in [0.1, 0.15) is 0 Å². The van der Waals surface area contributed by atoms with Crippen molar-refractivity contribution >= 4 is 0 Å². The van der Waals surface area contributed by atoms with E-state index in [4.69, 9.17) is 0 Å². The van der Waals surface area contributed by atoms with Crippen LogP contribution in [0, 0.1) is 11.3 Å². The van der Waals surface area contributed by atoms with Gasteiger partial charge < -0.3 is 0 Å². The standard InChI is InChI=1S/C18H30/c1-6-7-8-11-18(5)12-9-17(10-13-18)16(4)14-15(2)3/h6-7,14,17H,4,8-13H2,1-3,5H3/b7-6+. The Morgan fingerprint density at radius 2 is 1.89 bits per heavy atom. The number of allylic oxidation sites excluding steroid dienone is 5. The highest BCUT2D eigenvalue weighted by Crippen LogP contribution is 2.44. The van der Waals surface area contributed by atoms with E-state index in [0.717, 1.165) is 5.92 Å². The zero-order valence-corrected chi connectivity index (χ0v) is 12.8. The van der Waals surface area contributed by atoms with Crippen molar-refractivity contribution in [2.75, 3.05) is 0 Å². The Morgan fingerprint density at radius 3 is 2.39 bits per heavy atom. The topological polar surface area (TPSA) is 0 Å². The summed E-state index contributed by atoms with van der Waals surface area (Å²) in [6.45, 7) is 13.2. The van der Waals surface area contributed by atoms with Crippen LogP contribution in [-0.4, -0.2) is 0 Å². The summed E-state index contributed by atoms with van der Waals surface area (Å²) in [7, 11) is 0. The molecule has 0 aromatic carbocycles. The lowest BCUT2D eigenvalue weighted by molar-refractivity contribution is 0.173. The van der Waals surface area contributed by atoms with Gasteiger partial charge in [-0.2, -0.15) is 0 Å². The predicted octanol–water partition coefficient (Wildman–Crippen LogP) is 6.06. The summed E-state index contributed by atoms with van der Waals surface area (Å²) in [5.74, 6) is 0.731. The molecule has 1 aliphatic rings. The van der Waals surface area contributed by atoms with Crippen molar-refractivity contribution in [3.8, 4) is 0 Å². The van der Waals surface area contributed by atoms with Crippen LogP contribution in [0.15, 0.2) is 36.0 Å². The highest BCUT2D eigenvalue weighted by Gasteiger charge is 2.30. The van der Waals surface area contributed by atoms with E-state index in [1.165, 1.54) is 49.7 Å². The van der Waals surface area contributed by atoms with Crippen LogP contribution in [0.1, 0.15) is 66.2 Å². The van der Waals surface area contributed by atoms with Gasteiger partial charge in [0.2, 0.25) is 0 Å². The molecule has 0 N–H and O–H groups in total. The normalized spacial score (nSPS) is 28.3. The molecule has 0 saturated heterocycles. The van der Waals surface area contributed by atoms with Crippen molar-refractivity contribution in [2.45, 2.75) is 66.2 Å². The maximum atomic E-state index is 4.25. The molecule has 1 rings (SSSR count). The van der Waals surface area contributed by atoms with Crippen LogP contribution in [0.2, 0.25) is 0 Å². The Hall–Kier alpha value is -0.780. The second kappa shape index (κ2) is 6.97. The van der Waals surface area contributed by atoms with Gasteiger partial charge >= 0.3 is 0 Å². The summed E-state index contributed by atoms with van der Waals surface area (Å²) in [5, 5.41) is 0. The SMILES string of the molecule is C=C(C=C(C)C)C1CCC(C)(CC/C=C/C)CC1. The molecule has 0 amide bonds. The largest absolute Gasteiger partial charge is 0.0956 e. The van der Waals surface area contributed by atoms with E-state index in [1.807, 2.05) is 0 Å². The molecule has 1 saturated carbocycles. The third kappa shape index (κ3) is 4.84. The van der Waals surface area contributed by atoms with Gasteiger partial charge in [0.15, 0.2) is 0 Å². The summed E-state index contributed by atoms with van der Waals surface area (Å²) in [6.07, 6.45) is 14.7. The van der Waals surface area contributed by atoms with E-state index in [-0.39, 0.29) is 0 Å². The molecule has 1 fully saturated rings. The van der Waals surface area contributed by atoms with Gasteiger partial charge in [-0.1, -0.05) is 42.9 Å². The first-order chi connectivity index (χ1) is 8.47. The minimum atomic E-state index is 0.571. The minimum Gasteiger partial charge on any atom is -0.0956 e. The molecular formula is C18H30. The molecule has 18 heavy (non-hydrogen) atoms. The lowest BCUT2D eigenvalue weighted by atomic mass is 9.68. The molecule has 0 unspecified atom stereocenters. The smallest absolute Gasteiger partial charge is 0.0167 e. The Kier molecular flexibility index (Phi) is 5.91. The molecule has 0 atom stereocenters. The maximum Gasteiger partial charge on any atom is -0.0167 e. The summed E-state index contributed by atoms with van der Waals surface area (Å²) >= 11 is 0. The summed E-state index contributed by atoms with van der Waals surface area (Å²) in [6, 6.07) is 0. The number of hydrogen-bond donors (Lipinski definition) is 0. The van der Waals surface area contributed by atoms with Crippen LogP contribution >= 0.6 is 0 Å². The fraction of sp³-hybridized carbons (Fsp3) is 0.667. The Bertz CT molecular complexity index is 318. The fourth-order valence-corrected chi connectivity index (χ4v) is 3.02. The maximum absolute atomic E-state index is 4.25. The average molecular weight is 246 g/mol. The van der Waals surface area contributed by atoms with E-state index in [0.29, 0.717) is 5.41 Å². The van der Waals surface area contributed by atoms with Gasteiger partial charge in [0.25, 0.3) is 0 Å². The Morgan fingerprint density at radius 1 is 1.28 bits per heavy atom. The number of rotatable bonds is 5. The van der Waals surface area contributed by atoms with Crippen molar-refractivity contribution < 1.29 is 0 Å². The molecule has 102 valence electrons. The monoisotopic (exact) mass is 246 g/mol. The van der Waals surface area contributed by atoms with Crippen molar-refractivity contribution in [1.82, 2.24) is 0 Å².